The van der Waals surface area contributed by atoms with Crippen molar-refractivity contribution < 1.29 is 14.3 Å². The molecule has 4 rings (SSSR count). The van der Waals surface area contributed by atoms with E-state index in [2.05, 4.69) is 51.1 Å². The summed E-state index contributed by atoms with van der Waals surface area (Å²) in [6, 6.07) is 16.7. The molecule has 0 spiro atoms. The molecule has 3 nitrogen and oxygen atoms in total. The minimum Gasteiger partial charge on any atom is -0.490 e. The van der Waals surface area contributed by atoms with Crippen molar-refractivity contribution in [2.75, 3.05) is 13.2 Å². The van der Waals surface area contributed by atoms with Crippen LogP contribution in [0.4, 0.5) is 0 Å². The number of epoxide rings is 1. The Kier molecular flexibility index (Phi) is 6.35. The number of carbonyl (C=O) groups is 1. The summed E-state index contributed by atoms with van der Waals surface area (Å²) in [5.41, 5.74) is 5.80. The van der Waals surface area contributed by atoms with Gasteiger partial charge >= 0.3 is 0 Å². The van der Waals surface area contributed by atoms with Crippen LogP contribution in [0.15, 0.2) is 48.5 Å². The van der Waals surface area contributed by atoms with Gasteiger partial charge in [-0.1, -0.05) is 49.4 Å². The van der Waals surface area contributed by atoms with Crippen molar-refractivity contribution in [1.82, 2.24) is 0 Å². The van der Waals surface area contributed by atoms with Crippen LogP contribution in [0, 0.1) is 13.8 Å². The van der Waals surface area contributed by atoms with Crippen molar-refractivity contribution >= 4 is 17.1 Å². The van der Waals surface area contributed by atoms with Gasteiger partial charge in [-0.2, -0.15) is 0 Å². The summed E-state index contributed by atoms with van der Waals surface area (Å²) in [5, 5.41) is 0. The van der Waals surface area contributed by atoms with Gasteiger partial charge in [0.05, 0.1) is 11.5 Å². The van der Waals surface area contributed by atoms with Crippen LogP contribution in [0.2, 0.25) is 0 Å². The van der Waals surface area contributed by atoms with Gasteiger partial charge in [-0.3, -0.25) is 4.79 Å². The Hall–Kier alpha value is -2.43. The summed E-state index contributed by atoms with van der Waals surface area (Å²) in [5.74, 6) is 1.16. The van der Waals surface area contributed by atoms with Gasteiger partial charge in [0.25, 0.3) is 0 Å². The zero-order valence-electron chi connectivity index (χ0n) is 17.9. The second-order valence-electron chi connectivity index (χ2n) is 7.92. The number of carbonyl (C=O) groups excluding carboxylic acids is 1. The molecule has 0 saturated carbocycles. The third-order valence-corrected chi connectivity index (χ3v) is 6.79. The number of ketones is 1. The molecule has 0 bridgehead atoms. The van der Waals surface area contributed by atoms with Crippen LogP contribution in [0.25, 0.3) is 11.1 Å². The lowest BCUT2D eigenvalue weighted by atomic mass is 10.00. The first-order valence-electron chi connectivity index (χ1n) is 10.6. The topological polar surface area (TPSA) is 38.8 Å². The van der Waals surface area contributed by atoms with E-state index in [1.54, 1.807) is 11.3 Å². The number of hydrogen-bond donors (Lipinski definition) is 0. The average molecular weight is 421 g/mol. The van der Waals surface area contributed by atoms with Gasteiger partial charge < -0.3 is 9.47 Å². The zero-order valence-corrected chi connectivity index (χ0v) is 18.7. The van der Waals surface area contributed by atoms with Crippen molar-refractivity contribution in [1.29, 1.82) is 0 Å². The Bertz CT molecular complexity index is 1010. The Morgan fingerprint density at radius 2 is 1.83 bits per heavy atom. The maximum atomic E-state index is 12.9. The van der Waals surface area contributed by atoms with E-state index in [4.69, 9.17) is 9.47 Å². The molecule has 1 unspecified atom stereocenters. The van der Waals surface area contributed by atoms with Crippen molar-refractivity contribution in [3.05, 3.63) is 75.0 Å². The predicted molar refractivity (Wildman–Crippen MR) is 123 cm³/mol. The molecule has 156 valence electrons. The lowest BCUT2D eigenvalue weighted by Crippen LogP contribution is -2.07. The van der Waals surface area contributed by atoms with Crippen LogP contribution in [-0.2, 0) is 17.6 Å². The normalized spacial score (nSPS) is 15.2. The second kappa shape index (κ2) is 9.15. The minimum atomic E-state index is 0.221. The highest BCUT2D eigenvalue weighted by Gasteiger charge is 2.24. The second-order valence-corrected chi connectivity index (χ2v) is 9.05. The Balaban J connectivity index is 1.44. The molecule has 1 aromatic heterocycles. The molecule has 4 heteroatoms. The average Bonchev–Trinajstić information content (AvgIpc) is 3.47. The van der Waals surface area contributed by atoms with Crippen LogP contribution in [0.1, 0.15) is 44.6 Å². The van der Waals surface area contributed by atoms with E-state index in [1.807, 2.05) is 18.2 Å². The van der Waals surface area contributed by atoms with E-state index in [-0.39, 0.29) is 11.9 Å². The lowest BCUT2D eigenvalue weighted by Gasteiger charge is -2.13. The molecule has 1 aliphatic rings. The summed E-state index contributed by atoms with van der Waals surface area (Å²) < 4.78 is 11.1. The number of rotatable bonds is 9. The fraction of sp³-hybridized carbons (Fsp3) is 0.346. The van der Waals surface area contributed by atoms with Gasteiger partial charge in [0.15, 0.2) is 5.78 Å². The van der Waals surface area contributed by atoms with E-state index >= 15 is 0 Å². The Morgan fingerprint density at radius 1 is 1.13 bits per heavy atom. The number of ether oxygens (including phenoxy) is 2. The summed E-state index contributed by atoms with van der Waals surface area (Å²) >= 11 is 1.64. The Labute approximate surface area is 182 Å². The standard InChI is InChI=1S/C26H28O3S/c1-4-24-22(20-8-6-5-7-9-20)14-25(30-24)23(27)11-10-19-12-17(2)26(18(3)13-19)29-16-21-15-28-21/h5-9,12-14,21H,4,10-11,15-16H2,1-3H3. The largest absolute Gasteiger partial charge is 0.490 e. The van der Waals surface area contributed by atoms with Gasteiger partial charge in [0.2, 0.25) is 0 Å². The van der Waals surface area contributed by atoms with Gasteiger partial charge in [-0.25, -0.2) is 0 Å². The zero-order chi connectivity index (χ0) is 21.1. The smallest absolute Gasteiger partial charge is 0.173 e. The molecule has 2 heterocycles. The first-order valence-corrected chi connectivity index (χ1v) is 11.4. The number of aryl methyl sites for hydroxylation is 4. The van der Waals surface area contributed by atoms with E-state index in [9.17, 15) is 4.79 Å². The molecule has 0 amide bonds. The number of thiophene rings is 1. The predicted octanol–water partition coefficient (Wildman–Crippen LogP) is 6.19. The van der Waals surface area contributed by atoms with Gasteiger partial charge in [0.1, 0.15) is 18.5 Å². The minimum absolute atomic E-state index is 0.221. The highest BCUT2D eigenvalue weighted by molar-refractivity contribution is 7.14. The summed E-state index contributed by atoms with van der Waals surface area (Å²) in [6.45, 7) is 7.70. The summed E-state index contributed by atoms with van der Waals surface area (Å²) in [4.78, 5) is 15.1. The van der Waals surface area contributed by atoms with Crippen molar-refractivity contribution in [3.63, 3.8) is 0 Å². The number of hydrogen-bond acceptors (Lipinski definition) is 4. The fourth-order valence-electron chi connectivity index (χ4n) is 3.82. The van der Waals surface area contributed by atoms with E-state index in [0.717, 1.165) is 41.2 Å². The highest BCUT2D eigenvalue weighted by Crippen LogP contribution is 2.33. The van der Waals surface area contributed by atoms with Crippen LogP contribution in [-0.4, -0.2) is 25.1 Å². The molecule has 30 heavy (non-hydrogen) atoms. The molecule has 1 atom stereocenters. The molecule has 1 aliphatic heterocycles. The summed E-state index contributed by atoms with van der Waals surface area (Å²) in [6.07, 6.45) is 2.45. The maximum absolute atomic E-state index is 12.9. The van der Waals surface area contributed by atoms with Crippen LogP contribution in [0.5, 0.6) is 5.75 Å². The summed E-state index contributed by atoms with van der Waals surface area (Å²) in [7, 11) is 0. The molecule has 1 saturated heterocycles. The van der Waals surface area contributed by atoms with Crippen LogP contribution in [0.3, 0.4) is 0 Å². The van der Waals surface area contributed by atoms with Crippen LogP contribution >= 0.6 is 11.3 Å². The molecule has 0 N–H and O–H groups in total. The molecular weight excluding hydrogens is 392 g/mol. The molecule has 0 radical (unpaired) electrons. The molecule has 3 aromatic rings. The molecule has 2 aromatic carbocycles. The molecular formula is C26H28O3S. The van der Waals surface area contributed by atoms with Crippen LogP contribution < -0.4 is 4.74 Å². The first kappa shape index (κ1) is 20.8. The quantitative estimate of drug-likeness (QED) is 0.306. The Morgan fingerprint density at radius 3 is 2.47 bits per heavy atom. The van der Waals surface area contributed by atoms with E-state index < -0.39 is 0 Å². The fourth-order valence-corrected chi connectivity index (χ4v) is 4.91. The maximum Gasteiger partial charge on any atom is 0.173 e. The number of benzene rings is 2. The van der Waals surface area contributed by atoms with Gasteiger partial charge in [0, 0.05) is 11.3 Å². The SMILES string of the molecule is CCc1sc(C(=O)CCc2cc(C)c(OCC3CO3)c(C)c2)cc1-c1ccccc1. The third kappa shape index (κ3) is 4.82. The van der Waals surface area contributed by atoms with Crippen molar-refractivity contribution in [2.45, 2.75) is 46.1 Å². The van der Waals surface area contributed by atoms with Crippen molar-refractivity contribution in [3.8, 4) is 16.9 Å². The monoisotopic (exact) mass is 420 g/mol. The van der Waals surface area contributed by atoms with Gasteiger partial charge in [-0.05, 0) is 60.6 Å². The highest BCUT2D eigenvalue weighted by atomic mass is 32.1. The third-order valence-electron chi connectivity index (χ3n) is 5.47. The first-order chi connectivity index (χ1) is 14.5. The van der Waals surface area contributed by atoms with E-state index in [1.165, 1.54) is 21.6 Å². The van der Waals surface area contributed by atoms with E-state index in [0.29, 0.717) is 13.0 Å². The van der Waals surface area contributed by atoms with Gasteiger partial charge in [-0.15, -0.1) is 11.3 Å². The number of Topliss-reactive ketones (excluding diaryl/α,β-unsaturated/α-hetero) is 1. The lowest BCUT2D eigenvalue weighted by molar-refractivity contribution is 0.0986. The van der Waals surface area contributed by atoms with Crippen molar-refractivity contribution in [2.24, 2.45) is 0 Å². The molecule has 0 aliphatic carbocycles. The molecule has 1 fully saturated rings.